The second kappa shape index (κ2) is 6.39. The van der Waals surface area contributed by atoms with Crippen LogP contribution in [0.3, 0.4) is 0 Å². The van der Waals surface area contributed by atoms with E-state index in [-0.39, 0.29) is 17.0 Å². The third kappa shape index (κ3) is 4.49. The van der Waals surface area contributed by atoms with Crippen molar-refractivity contribution in [3.05, 3.63) is 33.7 Å². The van der Waals surface area contributed by atoms with Crippen molar-refractivity contribution in [2.24, 2.45) is 0 Å². The Kier molecular flexibility index (Phi) is 7.08. The molecule has 0 fully saturated rings. The van der Waals surface area contributed by atoms with Crippen molar-refractivity contribution in [2.45, 2.75) is 27.7 Å². The Hall–Kier alpha value is -1.32. The molecule has 0 radical (unpaired) electrons. The lowest BCUT2D eigenvalue weighted by Gasteiger charge is -1.96. The van der Waals surface area contributed by atoms with E-state index in [1.165, 1.54) is 13.8 Å². The van der Waals surface area contributed by atoms with Gasteiger partial charge in [-0.25, -0.2) is 0 Å². The molecule has 70 valence electrons. The highest BCUT2D eigenvalue weighted by atomic mass is 16.6. The maximum atomic E-state index is 10.0. The van der Waals surface area contributed by atoms with Crippen molar-refractivity contribution in [3.8, 4) is 0 Å². The van der Waals surface area contributed by atoms with Gasteiger partial charge in [0.25, 0.3) is 0 Å². The van der Waals surface area contributed by atoms with Gasteiger partial charge in [0, 0.05) is 6.92 Å². The molecule has 0 rings (SSSR count). The lowest BCUT2D eigenvalue weighted by atomic mass is 10.2. The highest BCUT2D eigenvalue weighted by Crippen LogP contribution is 2.09. The molecule has 0 aliphatic heterocycles. The van der Waals surface area contributed by atoms with Gasteiger partial charge in [-0.3, -0.25) is 10.1 Å². The number of aliphatic hydroxyl groups excluding tert-OH is 1. The van der Waals surface area contributed by atoms with Gasteiger partial charge in [-0.2, -0.15) is 0 Å². The molecule has 0 aliphatic carbocycles. The van der Waals surface area contributed by atoms with Crippen molar-refractivity contribution < 1.29 is 10.0 Å². The van der Waals surface area contributed by atoms with Gasteiger partial charge in [0.2, 0.25) is 5.70 Å². The Labute approximate surface area is 72.4 Å². The Bertz CT molecular complexity index is 184. The second-order valence-electron chi connectivity index (χ2n) is 1.91. The predicted molar refractivity (Wildman–Crippen MR) is 48.5 cm³/mol. The van der Waals surface area contributed by atoms with Crippen LogP contribution >= 0.6 is 0 Å². The molecule has 4 nitrogen and oxygen atoms in total. The summed E-state index contributed by atoms with van der Waals surface area (Å²) < 4.78 is 0. The first kappa shape index (κ1) is 13.3. The van der Waals surface area contributed by atoms with Crippen molar-refractivity contribution in [1.82, 2.24) is 0 Å². The molecular formula is C8H15NO3. The molecule has 0 saturated carbocycles. The van der Waals surface area contributed by atoms with E-state index in [9.17, 15) is 10.1 Å². The maximum absolute atomic E-state index is 10.0. The summed E-state index contributed by atoms with van der Waals surface area (Å²) in [5, 5.41) is 18.7. The smallest absolute Gasteiger partial charge is 0.249 e. The lowest BCUT2D eigenvalue weighted by Crippen LogP contribution is -1.98. The average Bonchev–Trinajstić information content (AvgIpc) is 2.05. The molecule has 0 bridgehead atoms. The van der Waals surface area contributed by atoms with E-state index < -0.39 is 4.92 Å². The summed E-state index contributed by atoms with van der Waals surface area (Å²) in [6, 6.07) is 0. The van der Waals surface area contributed by atoms with Crippen LogP contribution in [0.5, 0.6) is 0 Å². The molecule has 0 heterocycles. The fourth-order valence-corrected chi connectivity index (χ4v) is 0.346. The highest BCUT2D eigenvalue weighted by Gasteiger charge is 2.09. The molecule has 0 atom stereocenters. The van der Waals surface area contributed by atoms with Gasteiger partial charge >= 0.3 is 0 Å². The van der Waals surface area contributed by atoms with Gasteiger partial charge < -0.3 is 5.11 Å². The van der Waals surface area contributed by atoms with E-state index in [0.29, 0.717) is 0 Å². The minimum atomic E-state index is -0.559. The van der Waals surface area contributed by atoms with Gasteiger partial charge in [-0.15, -0.1) is 0 Å². The van der Waals surface area contributed by atoms with Gasteiger partial charge in [-0.05, 0) is 6.92 Å². The van der Waals surface area contributed by atoms with E-state index in [1.54, 1.807) is 0 Å². The third-order valence-corrected chi connectivity index (χ3v) is 1.25. The number of hydrogen-bond donors (Lipinski definition) is 1. The number of nitro groups is 1. The van der Waals surface area contributed by atoms with Gasteiger partial charge in [0.05, 0.1) is 10.5 Å². The average molecular weight is 173 g/mol. The molecular weight excluding hydrogens is 158 g/mol. The van der Waals surface area contributed by atoms with Crippen molar-refractivity contribution in [1.29, 1.82) is 0 Å². The van der Waals surface area contributed by atoms with E-state index in [2.05, 4.69) is 6.58 Å². The summed E-state index contributed by atoms with van der Waals surface area (Å²) in [6.45, 7) is 9.91. The van der Waals surface area contributed by atoms with Crippen LogP contribution in [-0.2, 0) is 0 Å². The van der Waals surface area contributed by atoms with Crippen LogP contribution in [0.15, 0.2) is 23.6 Å². The Balaban J connectivity index is 0. The third-order valence-electron chi connectivity index (χ3n) is 1.25. The van der Waals surface area contributed by atoms with Crippen LogP contribution < -0.4 is 0 Å². The van der Waals surface area contributed by atoms with Gasteiger partial charge in [0.1, 0.15) is 5.76 Å². The summed E-state index contributed by atoms with van der Waals surface area (Å²) in [4.78, 5) is 9.48. The highest BCUT2D eigenvalue weighted by molar-refractivity contribution is 5.21. The van der Waals surface area contributed by atoms with Crippen LogP contribution in [-0.4, -0.2) is 10.0 Å². The van der Waals surface area contributed by atoms with E-state index in [1.807, 2.05) is 13.8 Å². The predicted octanol–water partition coefficient (Wildman–Crippen LogP) is 2.65. The molecule has 1 N–H and O–H groups in total. The van der Waals surface area contributed by atoms with Crippen molar-refractivity contribution in [2.75, 3.05) is 0 Å². The quantitative estimate of drug-likeness (QED) is 0.302. The van der Waals surface area contributed by atoms with Crippen molar-refractivity contribution >= 4 is 0 Å². The molecule has 0 saturated heterocycles. The molecule has 0 amide bonds. The molecule has 0 unspecified atom stereocenters. The zero-order valence-corrected chi connectivity index (χ0v) is 7.92. The largest absolute Gasteiger partial charge is 0.508 e. The second-order valence-corrected chi connectivity index (χ2v) is 1.91. The molecule has 0 aromatic rings. The first-order valence-corrected chi connectivity index (χ1v) is 3.67. The molecule has 0 aliphatic rings. The normalized spacial score (nSPS) is 10.7. The molecule has 0 aromatic carbocycles. The van der Waals surface area contributed by atoms with Crippen molar-refractivity contribution in [3.63, 3.8) is 0 Å². The van der Waals surface area contributed by atoms with E-state index in [0.717, 1.165) is 0 Å². The van der Waals surface area contributed by atoms with Gasteiger partial charge in [0.15, 0.2) is 0 Å². The summed E-state index contributed by atoms with van der Waals surface area (Å²) in [6.07, 6.45) is 0. The maximum Gasteiger partial charge on any atom is 0.249 e. The molecule has 0 spiro atoms. The Morgan fingerprint density at radius 1 is 1.42 bits per heavy atom. The first-order chi connectivity index (χ1) is 5.46. The Morgan fingerprint density at radius 3 is 1.83 bits per heavy atom. The lowest BCUT2D eigenvalue weighted by molar-refractivity contribution is -0.425. The van der Waals surface area contributed by atoms with E-state index in [4.69, 9.17) is 5.11 Å². The molecule has 0 aromatic heterocycles. The number of nitrogens with zero attached hydrogens (tertiary/aromatic N) is 1. The number of allylic oxidation sites excluding steroid dienone is 2. The standard InChI is InChI=1S/C6H9NO3.C2H6/c1-4(6(3)8)5(2)7(9)10;1-2/h8H,3H2,1-2H3;1-2H3/b5-4+;. The number of aliphatic hydroxyl groups is 1. The zero-order valence-electron chi connectivity index (χ0n) is 7.92. The van der Waals surface area contributed by atoms with Crippen LogP contribution in [0.2, 0.25) is 0 Å². The van der Waals surface area contributed by atoms with Crippen LogP contribution in [0.4, 0.5) is 0 Å². The minimum absolute atomic E-state index is 0.0764. The van der Waals surface area contributed by atoms with Gasteiger partial charge in [-0.1, -0.05) is 20.4 Å². The topological polar surface area (TPSA) is 63.4 Å². The van der Waals surface area contributed by atoms with E-state index >= 15 is 0 Å². The van der Waals surface area contributed by atoms with Crippen LogP contribution in [0, 0.1) is 10.1 Å². The molecule has 12 heavy (non-hydrogen) atoms. The van der Waals surface area contributed by atoms with Crippen LogP contribution in [0.1, 0.15) is 27.7 Å². The molecule has 4 heteroatoms. The first-order valence-electron chi connectivity index (χ1n) is 3.67. The Morgan fingerprint density at radius 2 is 1.75 bits per heavy atom. The minimum Gasteiger partial charge on any atom is -0.508 e. The SMILES string of the molecule is C=C(O)/C(C)=C(\C)[N+](=O)[O-].CC. The number of rotatable bonds is 2. The summed E-state index contributed by atoms with van der Waals surface area (Å²) in [5.41, 5.74) is 0.137. The fraction of sp³-hybridized carbons (Fsp3) is 0.500. The summed E-state index contributed by atoms with van der Waals surface area (Å²) in [7, 11) is 0. The van der Waals surface area contributed by atoms with Crippen LogP contribution in [0.25, 0.3) is 0 Å². The monoisotopic (exact) mass is 173 g/mol. The number of hydrogen-bond acceptors (Lipinski definition) is 3. The summed E-state index contributed by atoms with van der Waals surface area (Å²) >= 11 is 0. The fourth-order valence-electron chi connectivity index (χ4n) is 0.346. The zero-order chi connectivity index (χ0) is 10.3. The summed E-state index contributed by atoms with van der Waals surface area (Å²) in [5.74, 6) is -0.255.